The lowest BCUT2D eigenvalue weighted by Gasteiger charge is -2.26. The highest BCUT2D eigenvalue weighted by atomic mass is 16.2. The molecule has 1 fully saturated rings. The van der Waals surface area contributed by atoms with E-state index >= 15 is 0 Å². The van der Waals surface area contributed by atoms with Crippen LogP contribution >= 0.6 is 0 Å². The van der Waals surface area contributed by atoms with E-state index in [1.165, 1.54) is 25.7 Å². The maximum absolute atomic E-state index is 12.3. The minimum absolute atomic E-state index is 0.0366. The van der Waals surface area contributed by atoms with Crippen molar-refractivity contribution < 1.29 is 4.79 Å². The fraction of sp³-hybridized carbons (Fsp3) is 0.933. The lowest BCUT2D eigenvalue weighted by molar-refractivity contribution is -0.133. The molecule has 1 rings (SSSR count). The summed E-state index contributed by atoms with van der Waals surface area (Å²) in [4.78, 5) is 14.3. The third-order valence-corrected chi connectivity index (χ3v) is 3.61. The molecule has 1 aliphatic rings. The molecule has 18 heavy (non-hydrogen) atoms. The average Bonchev–Trinajstić information content (AvgIpc) is 2.54. The molecule has 0 radical (unpaired) electrons. The standard InChI is InChI=1S/C15H30N2O/c1-13(16-10-9-15(2,3)4)14(18)17-11-7-5-6-8-12-17/h13,16H,5-12H2,1-4H3. The summed E-state index contributed by atoms with van der Waals surface area (Å²) >= 11 is 0. The molecule has 1 N–H and O–H groups in total. The number of nitrogens with zero attached hydrogens (tertiary/aromatic N) is 1. The Balaban J connectivity index is 2.31. The third kappa shape index (κ3) is 5.85. The van der Waals surface area contributed by atoms with Gasteiger partial charge in [-0.05, 0) is 38.1 Å². The zero-order valence-electron chi connectivity index (χ0n) is 12.6. The molecule has 1 unspecified atom stereocenters. The van der Waals surface area contributed by atoms with Crippen LogP contribution in [0.15, 0.2) is 0 Å². The monoisotopic (exact) mass is 254 g/mol. The van der Waals surface area contributed by atoms with E-state index in [4.69, 9.17) is 0 Å². The Morgan fingerprint density at radius 3 is 2.22 bits per heavy atom. The van der Waals surface area contributed by atoms with Crippen molar-refractivity contribution in [2.24, 2.45) is 5.41 Å². The Hall–Kier alpha value is -0.570. The second-order valence-corrected chi connectivity index (χ2v) is 6.73. The molecule has 0 bridgehead atoms. The van der Waals surface area contributed by atoms with Gasteiger partial charge in [-0.25, -0.2) is 0 Å². The van der Waals surface area contributed by atoms with Crippen molar-refractivity contribution in [2.45, 2.75) is 65.8 Å². The van der Waals surface area contributed by atoms with E-state index in [9.17, 15) is 4.79 Å². The van der Waals surface area contributed by atoms with Crippen molar-refractivity contribution in [2.75, 3.05) is 19.6 Å². The SMILES string of the molecule is CC(NCCC(C)(C)C)C(=O)N1CCCCCC1. The number of likely N-dealkylation sites (tertiary alicyclic amines) is 1. The van der Waals surface area contributed by atoms with Gasteiger partial charge in [-0.15, -0.1) is 0 Å². The molecule has 0 aliphatic carbocycles. The third-order valence-electron chi connectivity index (χ3n) is 3.61. The molecule has 1 saturated heterocycles. The van der Waals surface area contributed by atoms with E-state index in [0.717, 1.165) is 26.1 Å². The summed E-state index contributed by atoms with van der Waals surface area (Å²) in [5.41, 5.74) is 0.332. The van der Waals surface area contributed by atoms with E-state index in [1.807, 2.05) is 11.8 Å². The van der Waals surface area contributed by atoms with Crippen LogP contribution in [0.4, 0.5) is 0 Å². The number of carbonyl (C=O) groups is 1. The predicted octanol–water partition coefficient (Wildman–Crippen LogP) is 2.80. The van der Waals surface area contributed by atoms with Gasteiger partial charge in [0.25, 0.3) is 0 Å². The first kappa shape index (κ1) is 15.5. The van der Waals surface area contributed by atoms with Gasteiger partial charge >= 0.3 is 0 Å². The van der Waals surface area contributed by atoms with Crippen LogP contribution in [0.25, 0.3) is 0 Å². The summed E-state index contributed by atoms with van der Waals surface area (Å²) in [6.45, 7) is 11.5. The first-order valence-electron chi connectivity index (χ1n) is 7.42. The second-order valence-electron chi connectivity index (χ2n) is 6.73. The molecule has 1 atom stereocenters. The first-order chi connectivity index (χ1) is 8.40. The molecule has 0 aromatic carbocycles. The van der Waals surface area contributed by atoms with Crippen LogP contribution in [0.2, 0.25) is 0 Å². The summed E-state index contributed by atoms with van der Waals surface area (Å²) < 4.78 is 0. The van der Waals surface area contributed by atoms with Gasteiger partial charge < -0.3 is 10.2 Å². The molecule has 0 saturated carbocycles. The van der Waals surface area contributed by atoms with Crippen molar-refractivity contribution in [1.29, 1.82) is 0 Å². The Morgan fingerprint density at radius 1 is 1.17 bits per heavy atom. The van der Waals surface area contributed by atoms with Crippen LogP contribution in [0.1, 0.15) is 59.8 Å². The smallest absolute Gasteiger partial charge is 0.239 e. The maximum atomic E-state index is 12.3. The molecule has 1 aliphatic heterocycles. The first-order valence-corrected chi connectivity index (χ1v) is 7.42. The molecule has 1 amide bonds. The van der Waals surface area contributed by atoms with E-state index in [0.29, 0.717) is 5.41 Å². The molecular formula is C15H30N2O. The van der Waals surface area contributed by atoms with Gasteiger partial charge in [0.2, 0.25) is 5.91 Å². The highest BCUT2D eigenvalue weighted by Gasteiger charge is 2.21. The van der Waals surface area contributed by atoms with Crippen LogP contribution in [-0.4, -0.2) is 36.5 Å². The normalized spacial score (nSPS) is 19.4. The average molecular weight is 254 g/mol. The van der Waals surface area contributed by atoms with Crippen LogP contribution in [-0.2, 0) is 4.79 Å². The second kappa shape index (κ2) is 7.13. The predicted molar refractivity (Wildman–Crippen MR) is 76.6 cm³/mol. The summed E-state index contributed by atoms with van der Waals surface area (Å²) in [5.74, 6) is 0.283. The minimum Gasteiger partial charge on any atom is -0.341 e. The molecule has 1 heterocycles. The highest BCUT2D eigenvalue weighted by Crippen LogP contribution is 2.17. The Kier molecular flexibility index (Phi) is 6.13. The molecule has 0 aromatic heterocycles. The van der Waals surface area contributed by atoms with Gasteiger partial charge in [-0.2, -0.15) is 0 Å². The van der Waals surface area contributed by atoms with Gasteiger partial charge in [0, 0.05) is 13.1 Å². The number of carbonyl (C=O) groups excluding carboxylic acids is 1. The van der Waals surface area contributed by atoms with Gasteiger partial charge in [0.15, 0.2) is 0 Å². The Morgan fingerprint density at radius 2 is 1.72 bits per heavy atom. The van der Waals surface area contributed by atoms with E-state index < -0.39 is 0 Å². The number of nitrogens with one attached hydrogen (secondary N) is 1. The van der Waals surface area contributed by atoms with Crippen molar-refractivity contribution in [3.63, 3.8) is 0 Å². The van der Waals surface area contributed by atoms with Crippen molar-refractivity contribution >= 4 is 5.91 Å². The van der Waals surface area contributed by atoms with E-state index in [-0.39, 0.29) is 11.9 Å². The molecule has 106 valence electrons. The summed E-state index contributed by atoms with van der Waals surface area (Å²) in [7, 11) is 0. The highest BCUT2D eigenvalue weighted by molar-refractivity contribution is 5.81. The maximum Gasteiger partial charge on any atom is 0.239 e. The molecule has 3 heteroatoms. The lowest BCUT2D eigenvalue weighted by Crippen LogP contribution is -2.45. The number of hydrogen-bond donors (Lipinski definition) is 1. The van der Waals surface area contributed by atoms with Crippen LogP contribution in [0, 0.1) is 5.41 Å². The number of hydrogen-bond acceptors (Lipinski definition) is 2. The quantitative estimate of drug-likeness (QED) is 0.836. The zero-order chi connectivity index (χ0) is 13.6. The van der Waals surface area contributed by atoms with Crippen LogP contribution in [0.3, 0.4) is 0 Å². The number of rotatable bonds is 4. The van der Waals surface area contributed by atoms with Gasteiger partial charge in [0.05, 0.1) is 6.04 Å². The van der Waals surface area contributed by atoms with Crippen molar-refractivity contribution in [3.8, 4) is 0 Å². The van der Waals surface area contributed by atoms with E-state index in [1.54, 1.807) is 0 Å². The minimum atomic E-state index is -0.0366. The Labute approximate surface area is 112 Å². The van der Waals surface area contributed by atoms with Crippen LogP contribution < -0.4 is 5.32 Å². The van der Waals surface area contributed by atoms with Gasteiger partial charge in [0.1, 0.15) is 0 Å². The fourth-order valence-electron chi connectivity index (χ4n) is 2.32. The topological polar surface area (TPSA) is 32.3 Å². The summed E-state index contributed by atoms with van der Waals surface area (Å²) in [6, 6.07) is -0.0366. The molecule has 0 spiro atoms. The number of amides is 1. The van der Waals surface area contributed by atoms with Crippen LogP contribution in [0.5, 0.6) is 0 Å². The van der Waals surface area contributed by atoms with Gasteiger partial charge in [-0.1, -0.05) is 33.6 Å². The van der Waals surface area contributed by atoms with Crippen molar-refractivity contribution in [3.05, 3.63) is 0 Å². The zero-order valence-corrected chi connectivity index (χ0v) is 12.6. The fourth-order valence-corrected chi connectivity index (χ4v) is 2.32. The lowest BCUT2D eigenvalue weighted by atomic mass is 9.92. The molecule has 0 aromatic rings. The largest absolute Gasteiger partial charge is 0.341 e. The molecular weight excluding hydrogens is 224 g/mol. The van der Waals surface area contributed by atoms with E-state index in [2.05, 4.69) is 26.1 Å². The molecule has 3 nitrogen and oxygen atoms in total. The summed E-state index contributed by atoms with van der Waals surface area (Å²) in [6.07, 6.45) is 5.98. The van der Waals surface area contributed by atoms with Crippen molar-refractivity contribution in [1.82, 2.24) is 10.2 Å². The van der Waals surface area contributed by atoms with Gasteiger partial charge in [-0.3, -0.25) is 4.79 Å². The Bertz CT molecular complexity index is 250. The summed E-state index contributed by atoms with van der Waals surface area (Å²) in [5, 5.41) is 3.37.